The zero-order valence-corrected chi connectivity index (χ0v) is 15.9. The molecule has 0 fully saturated rings. The summed E-state index contributed by atoms with van der Waals surface area (Å²) in [5.74, 6) is -0.422. The summed E-state index contributed by atoms with van der Waals surface area (Å²) >= 11 is 0. The largest absolute Gasteiger partial charge is 0.486 e. The van der Waals surface area contributed by atoms with E-state index in [4.69, 9.17) is 9.47 Å². The Morgan fingerprint density at radius 2 is 1.90 bits per heavy atom. The molecular weight excluding hydrogens is 374 g/mol. The molecule has 1 aliphatic rings. The number of fused-ring (bicyclic) bond motifs is 1. The first-order chi connectivity index (χ1) is 14.0. The summed E-state index contributed by atoms with van der Waals surface area (Å²) in [6.45, 7) is 2.98. The van der Waals surface area contributed by atoms with Crippen molar-refractivity contribution in [2.75, 3.05) is 6.61 Å². The molecule has 8 nitrogen and oxygen atoms in total. The van der Waals surface area contributed by atoms with Crippen molar-refractivity contribution < 1.29 is 19.2 Å². The van der Waals surface area contributed by atoms with Gasteiger partial charge in [0.05, 0.1) is 22.9 Å². The summed E-state index contributed by atoms with van der Waals surface area (Å²) in [6, 6.07) is 15.4. The molecule has 2 heterocycles. The molecular formula is C21H19N3O5. The third kappa shape index (κ3) is 3.33. The maximum Gasteiger partial charge on any atom is 0.309 e. The zero-order chi connectivity index (χ0) is 20.5. The first-order valence-electron chi connectivity index (χ1n) is 9.16. The predicted molar refractivity (Wildman–Crippen MR) is 104 cm³/mol. The molecule has 0 saturated carbocycles. The van der Waals surface area contributed by atoms with E-state index in [1.807, 2.05) is 36.4 Å². The smallest absolute Gasteiger partial charge is 0.309 e. The van der Waals surface area contributed by atoms with Crippen LogP contribution in [0.25, 0.3) is 5.69 Å². The minimum atomic E-state index is -1.04. The van der Waals surface area contributed by atoms with E-state index in [0.29, 0.717) is 28.3 Å². The van der Waals surface area contributed by atoms with Crippen LogP contribution in [0.5, 0.6) is 11.6 Å². The Bertz CT molecular complexity index is 1080. The van der Waals surface area contributed by atoms with Crippen LogP contribution in [0, 0.1) is 17.0 Å². The van der Waals surface area contributed by atoms with Crippen LogP contribution < -0.4 is 9.47 Å². The van der Waals surface area contributed by atoms with E-state index in [9.17, 15) is 14.9 Å². The lowest BCUT2D eigenvalue weighted by Gasteiger charge is -2.28. The van der Waals surface area contributed by atoms with Crippen LogP contribution in [0.4, 0.5) is 0 Å². The lowest BCUT2D eigenvalue weighted by molar-refractivity contribution is -0.528. The highest BCUT2D eigenvalue weighted by atomic mass is 16.6. The number of carbonyl (C=O) groups is 1. The second kappa shape index (κ2) is 7.38. The van der Waals surface area contributed by atoms with Crippen molar-refractivity contribution >= 4 is 5.97 Å². The summed E-state index contributed by atoms with van der Waals surface area (Å²) in [7, 11) is 0. The summed E-state index contributed by atoms with van der Waals surface area (Å²) in [5, 5.41) is 16.4. The maximum absolute atomic E-state index is 11.9. The molecule has 1 aromatic heterocycles. The van der Waals surface area contributed by atoms with Gasteiger partial charge in [0.25, 0.3) is 6.04 Å². The van der Waals surface area contributed by atoms with E-state index in [2.05, 4.69) is 5.10 Å². The van der Waals surface area contributed by atoms with Gasteiger partial charge < -0.3 is 9.47 Å². The number of aromatic nitrogens is 2. The Hall–Kier alpha value is -3.68. The quantitative estimate of drug-likeness (QED) is 0.383. The molecule has 0 aliphatic carbocycles. The van der Waals surface area contributed by atoms with Gasteiger partial charge in [-0.15, -0.1) is 0 Å². The van der Waals surface area contributed by atoms with Gasteiger partial charge in [-0.2, -0.15) is 5.10 Å². The number of esters is 1. The number of benzene rings is 2. The van der Waals surface area contributed by atoms with Crippen molar-refractivity contribution in [3.63, 3.8) is 0 Å². The van der Waals surface area contributed by atoms with E-state index in [1.165, 1.54) is 11.6 Å². The van der Waals surface area contributed by atoms with E-state index in [1.54, 1.807) is 25.1 Å². The molecule has 0 spiro atoms. The minimum Gasteiger partial charge on any atom is -0.486 e. The van der Waals surface area contributed by atoms with Gasteiger partial charge >= 0.3 is 5.97 Å². The Labute approximate surface area is 166 Å². The van der Waals surface area contributed by atoms with Crippen molar-refractivity contribution in [1.29, 1.82) is 0 Å². The second-order valence-electron chi connectivity index (χ2n) is 6.82. The number of hydrogen-bond acceptors (Lipinski definition) is 6. The molecule has 2 atom stereocenters. The number of para-hydroxylation sites is 2. The predicted octanol–water partition coefficient (Wildman–Crippen LogP) is 3.28. The van der Waals surface area contributed by atoms with Crippen molar-refractivity contribution in [3.8, 4) is 17.3 Å². The van der Waals surface area contributed by atoms with Gasteiger partial charge in [-0.25, -0.2) is 4.68 Å². The third-order valence-electron chi connectivity index (χ3n) is 4.93. The first kappa shape index (κ1) is 18.7. The normalized spacial score (nSPS) is 17.9. The number of aryl methyl sites for hydroxylation is 1. The number of nitrogens with zero attached hydrogens (tertiary/aromatic N) is 3. The second-order valence-corrected chi connectivity index (χ2v) is 6.82. The minimum absolute atomic E-state index is 0.0792. The molecule has 2 aromatic carbocycles. The lowest BCUT2D eigenvalue weighted by Crippen LogP contribution is -2.38. The van der Waals surface area contributed by atoms with Gasteiger partial charge in [-0.3, -0.25) is 14.9 Å². The van der Waals surface area contributed by atoms with Gasteiger partial charge in [-0.1, -0.05) is 36.4 Å². The molecule has 0 saturated heterocycles. The highest BCUT2D eigenvalue weighted by molar-refractivity contribution is 5.70. The van der Waals surface area contributed by atoms with Gasteiger partial charge in [0, 0.05) is 17.4 Å². The van der Waals surface area contributed by atoms with Crippen LogP contribution in [0.3, 0.4) is 0 Å². The van der Waals surface area contributed by atoms with Gasteiger partial charge in [0.15, 0.2) is 6.61 Å². The van der Waals surface area contributed by atoms with Gasteiger partial charge in [0.2, 0.25) is 5.88 Å². The summed E-state index contributed by atoms with van der Waals surface area (Å²) in [4.78, 5) is 23.4. The van der Waals surface area contributed by atoms with Crippen molar-refractivity contribution in [1.82, 2.24) is 9.78 Å². The fraction of sp³-hybridized carbons (Fsp3) is 0.238. The molecule has 1 aliphatic heterocycles. The van der Waals surface area contributed by atoms with E-state index < -0.39 is 17.9 Å². The van der Waals surface area contributed by atoms with Crippen LogP contribution in [-0.4, -0.2) is 33.3 Å². The first-order valence-corrected chi connectivity index (χ1v) is 9.16. The highest BCUT2D eigenvalue weighted by Gasteiger charge is 2.44. The average Bonchev–Trinajstić information content (AvgIpc) is 3.02. The van der Waals surface area contributed by atoms with Crippen molar-refractivity contribution in [3.05, 3.63) is 81.5 Å². The Morgan fingerprint density at radius 1 is 1.21 bits per heavy atom. The number of nitro groups is 1. The number of ether oxygens (including phenoxy) is 2. The van der Waals surface area contributed by atoms with Gasteiger partial charge in [-0.05, 0) is 25.1 Å². The monoisotopic (exact) mass is 393 g/mol. The molecule has 8 heteroatoms. The fourth-order valence-corrected chi connectivity index (χ4v) is 3.73. The molecule has 148 valence electrons. The van der Waals surface area contributed by atoms with Gasteiger partial charge in [0.1, 0.15) is 5.75 Å². The average molecular weight is 393 g/mol. The Morgan fingerprint density at radius 3 is 2.59 bits per heavy atom. The third-order valence-corrected chi connectivity index (χ3v) is 4.93. The van der Waals surface area contributed by atoms with Crippen molar-refractivity contribution in [2.45, 2.75) is 25.8 Å². The van der Waals surface area contributed by atoms with Crippen molar-refractivity contribution in [2.24, 2.45) is 0 Å². The molecule has 4 rings (SSSR count). The SMILES string of the molecule is CC(=O)Oc1c([C@@H]2c3ccccc3OC[C@H]2[N+](=O)[O-])c(C)nn1-c1ccccc1. The number of carbonyl (C=O) groups excluding carboxylic acids is 1. The Kier molecular flexibility index (Phi) is 4.75. The van der Waals surface area contributed by atoms with E-state index in [0.717, 1.165) is 0 Å². The lowest BCUT2D eigenvalue weighted by atomic mass is 9.83. The van der Waals surface area contributed by atoms with Crippen LogP contribution in [-0.2, 0) is 4.79 Å². The van der Waals surface area contributed by atoms with Crippen LogP contribution in [0.15, 0.2) is 54.6 Å². The summed E-state index contributed by atoms with van der Waals surface area (Å²) in [6.07, 6.45) is 0. The molecule has 0 N–H and O–H groups in total. The topological polar surface area (TPSA) is 96.5 Å². The number of hydrogen-bond donors (Lipinski definition) is 0. The molecule has 29 heavy (non-hydrogen) atoms. The fourth-order valence-electron chi connectivity index (χ4n) is 3.73. The highest BCUT2D eigenvalue weighted by Crippen LogP contribution is 2.44. The van der Waals surface area contributed by atoms with E-state index >= 15 is 0 Å². The summed E-state index contributed by atoms with van der Waals surface area (Å²) in [5.41, 5.74) is 2.43. The summed E-state index contributed by atoms with van der Waals surface area (Å²) < 4.78 is 12.7. The standard InChI is InChI=1S/C21H19N3O5/c1-13-19(20-16-10-6-7-11-18(16)28-12-17(20)24(26)27)21(29-14(2)25)23(22-13)15-8-4-3-5-9-15/h3-11,17,20H,12H2,1-2H3/t17-,20-/m1/s1. The molecule has 0 unspecified atom stereocenters. The zero-order valence-electron chi connectivity index (χ0n) is 15.9. The molecule has 3 aromatic rings. The van der Waals surface area contributed by atoms with Crippen LogP contribution >= 0.6 is 0 Å². The Balaban J connectivity index is 1.97. The van der Waals surface area contributed by atoms with E-state index in [-0.39, 0.29) is 17.4 Å². The molecule has 0 amide bonds. The van der Waals surface area contributed by atoms with Crippen LogP contribution in [0.2, 0.25) is 0 Å². The molecule has 0 bridgehead atoms. The maximum atomic E-state index is 11.9. The van der Waals surface area contributed by atoms with Crippen LogP contribution in [0.1, 0.15) is 29.7 Å². The number of rotatable bonds is 4. The molecule has 0 radical (unpaired) electrons.